The Morgan fingerprint density at radius 3 is 2.23 bits per heavy atom. The summed E-state index contributed by atoms with van der Waals surface area (Å²) >= 11 is 0. The minimum absolute atomic E-state index is 0.833. The van der Waals surface area contributed by atoms with E-state index < -0.39 is 0 Å². The molecule has 1 aromatic carbocycles. The molecule has 0 saturated heterocycles. The molecule has 0 amide bonds. The molecular formula is C12H17N. The number of benzene rings is 1. The fourth-order valence-electron chi connectivity index (χ4n) is 0.995. The van der Waals surface area contributed by atoms with Gasteiger partial charge in [-0.2, -0.15) is 0 Å². The fourth-order valence-corrected chi connectivity index (χ4v) is 0.995. The van der Waals surface area contributed by atoms with Crippen LogP contribution in [-0.2, 0) is 0 Å². The average Bonchev–Trinajstić information content (AvgIpc) is 2.49. The van der Waals surface area contributed by atoms with E-state index in [0.717, 1.165) is 5.92 Å². The van der Waals surface area contributed by atoms with Gasteiger partial charge in [0.1, 0.15) is 0 Å². The summed E-state index contributed by atoms with van der Waals surface area (Å²) < 4.78 is 0. The van der Waals surface area contributed by atoms with E-state index in [1.807, 2.05) is 18.3 Å². The van der Waals surface area contributed by atoms with Crippen LogP contribution in [0.3, 0.4) is 0 Å². The molecule has 0 saturated carbocycles. The molecule has 0 atom stereocenters. The van der Waals surface area contributed by atoms with Crippen molar-refractivity contribution in [2.45, 2.75) is 20.8 Å². The Labute approximate surface area is 79.8 Å². The van der Waals surface area contributed by atoms with Gasteiger partial charge in [-0.1, -0.05) is 39.0 Å². The van der Waals surface area contributed by atoms with Gasteiger partial charge in [0, 0.05) is 11.7 Å². The van der Waals surface area contributed by atoms with Crippen molar-refractivity contribution < 1.29 is 0 Å². The molecule has 1 N–H and O–H groups in total. The molecule has 2 aromatic rings. The molecule has 1 aromatic heterocycles. The van der Waals surface area contributed by atoms with E-state index in [4.69, 9.17) is 0 Å². The SMILES string of the molecule is CC(C)C.c1ccc2[nH]ccc2c1. The summed E-state index contributed by atoms with van der Waals surface area (Å²) in [5.41, 5.74) is 1.21. The van der Waals surface area contributed by atoms with Crippen LogP contribution in [-0.4, -0.2) is 4.98 Å². The third kappa shape index (κ3) is 3.32. The second kappa shape index (κ2) is 4.70. The summed E-state index contributed by atoms with van der Waals surface area (Å²) in [5, 5.41) is 1.28. The Hall–Kier alpha value is -1.24. The van der Waals surface area contributed by atoms with E-state index in [9.17, 15) is 0 Å². The summed E-state index contributed by atoms with van der Waals surface area (Å²) in [5.74, 6) is 0.833. The minimum atomic E-state index is 0.833. The Balaban J connectivity index is 0.000000184. The molecule has 0 fully saturated rings. The van der Waals surface area contributed by atoms with Crippen LogP contribution < -0.4 is 0 Å². The molecule has 2 rings (SSSR count). The summed E-state index contributed by atoms with van der Waals surface area (Å²) in [6, 6.07) is 10.3. The minimum Gasteiger partial charge on any atom is -0.361 e. The lowest BCUT2D eigenvalue weighted by Gasteiger charge is -1.83. The Bertz CT molecular complexity index is 314. The Morgan fingerprint density at radius 2 is 1.62 bits per heavy atom. The van der Waals surface area contributed by atoms with Crippen LogP contribution >= 0.6 is 0 Å². The monoisotopic (exact) mass is 175 g/mol. The standard InChI is InChI=1S/C8H7N.C4H10/c1-2-4-8-7(3-1)5-6-9-8;1-4(2)3/h1-6,9H;4H,1-3H3. The largest absolute Gasteiger partial charge is 0.361 e. The second-order valence-corrected chi connectivity index (χ2v) is 3.80. The van der Waals surface area contributed by atoms with Gasteiger partial charge in [0.25, 0.3) is 0 Å². The van der Waals surface area contributed by atoms with Crippen LogP contribution in [0.25, 0.3) is 10.9 Å². The van der Waals surface area contributed by atoms with Gasteiger partial charge in [0.2, 0.25) is 0 Å². The third-order valence-electron chi connectivity index (χ3n) is 1.46. The quantitative estimate of drug-likeness (QED) is 0.626. The van der Waals surface area contributed by atoms with Crippen molar-refractivity contribution in [3.8, 4) is 0 Å². The molecule has 0 aliphatic carbocycles. The van der Waals surface area contributed by atoms with Gasteiger partial charge < -0.3 is 4.98 Å². The smallest absolute Gasteiger partial charge is 0.0453 e. The Morgan fingerprint density at radius 1 is 1.00 bits per heavy atom. The molecule has 0 aliphatic rings. The maximum atomic E-state index is 3.12. The van der Waals surface area contributed by atoms with Gasteiger partial charge in [-0.25, -0.2) is 0 Å². The maximum absolute atomic E-state index is 3.12. The van der Waals surface area contributed by atoms with Crippen LogP contribution in [0.1, 0.15) is 20.8 Å². The maximum Gasteiger partial charge on any atom is 0.0453 e. The first-order valence-electron chi connectivity index (χ1n) is 4.72. The summed E-state index contributed by atoms with van der Waals surface area (Å²) in [6.07, 6.45) is 1.95. The first kappa shape index (κ1) is 9.85. The number of nitrogens with one attached hydrogen (secondary N) is 1. The van der Waals surface area contributed by atoms with E-state index in [2.05, 4.69) is 44.0 Å². The lowest BCUT2D eigenvalue weighted by molar-refractivity contribution is 0.737. The molecule has 0 radical (unpaired) electrons. The summed E-state index contributed by atoms with van der Waals surface area (Å²) in [7, 11) is 0. The summed E-state index contributed by atoms with van der Waals surface area (Å²) in [6.45, 7) is 6.50. The molecule has 1 nitrogen and oxygen atoms in total. The van der Waals surface area contributed by atoms with Gasteiger partial charge in [-0.15, -0.1) is 0 Å². The number of rotatable bonds is 0. The van der Waals surface area contributed by atoms with Gasteiger partial charge in [0.05, 0.1) is 0 Å². The lowest BCUT2D eigenvalue weighted by Crippen LogP contribution is -1.66. The molecule has 0 spiro atoms. The number of para-hydroxylation sites is 1. The molecular weight excluding hydrogens is 158 g/mol. The third-order valence-corrected chi connectivity index (χ3v) is 1.46. The second-order valence-electron chi connectivity index (χ2n) is 3.80. The number of aromatic nitrogens is 1. The van der Waals surface area contributed by atoms with Gasteiger partial charge in [-0.3, -0.25) is 0 Å². The van der Waals surface area contributed by atoms with Gasteiger partial charge >= 0.3 is 0 Å². The van der Waals surface area contributed by atoms with Crippen molar-refractivity contribution in [3.63, 3.8) is 0 Å². The fraction of sp³-hybridized carbons (Fsp3) is 0.333. The van der Waals surface area contributed by atoms with E-state index in [1.54, 1.807) is 0 Å². The highest BCUT2D eigenvalue weighted by Crippen LogP contribution is 2.09. The van der Waals surface area contributed by atoms with Crippen molar-refractivity contribution in [2.24, 2.45) is 5.92 Å². The molecule has 13 heavy (non-hydrogen) atoms. The number of hydrogen-bond donors (Lipinski definition) is 1. The highest BCUT2D eigenvalue weighted by atomic mass is 14.6. The topological polar surface area (TPSA) is 15.8 Å². The van der Waals surface area contributed by atoms with E-state index in [1.165, 1.54) is 10.9 Å². The molecule has 0 bridgehead atoms. The van der Waals surface area contributed by atoms with Crippen LogP contribution in [0.15, 0.2) is 36.5 Å². The normalized spacial score (nSPS) is 9.85. The Kier molecular flexibility index (Phi) is 3.56. The zero-order valence-electron chi connectivity index (χ0n) is 8.54. The molecule has 0 unspecified atom stereocenters. The van der Waals surface area contributed by atoms with Gasteiger partial charge in [-0.05, 0) is 23.4 Å². The zero-order chi connectivity index (χ0) is 9.68. The number of H-pyrrole nitrogens is 1. The van der Waals surface area contributed by atoms with Crippen molar-refractivity contribution in [1.29, 1.82) is 0 Å². The molecule has 70 valence electrons. The van der Waals surface area contributed by atoms with E-state index in [-0.39, 0.29) is 0 Å². The predicted octanol–water partition coefficient (Wildman–Crippen LogP) is 3.83. The van der Waals surface area contributed by atoms with Crippen molar-refractivity contribution in [1.82, 2.24) is 4.98 Å². The number of hydrogen-bond acceptors (Lipinski definition) is 0. The van der Waals surface area contributed by atoms with Crippen molar-refractivity contribution in [2.75, 3.05) is 0 Å². The molecule has 1 heterocycles. The summed E-state index contributed by atoms with van der Waals surface area (Å²) in [4.78, 5) is 3.12. The van der Waals surface area contributed by atoms with Crippen molar-refractivity contribution >= 4 is 10.9 Å². The molecule has 1 heteroatoms. The van der Waals surface area contributed by atoms with Crippen LogP contribution in [0.5, 0.6) is 0 Å². The number of fused-ring (bicyclic) bond motifs is 1. The molecule has 0 aliphatic heterocycles. The zero-order valence-corrected chi connectivity index (χ0v) is 8.54. The van der Waals surface area contributed by atoms with Crippen LogP contribution in [0, 0.1) is 5.92 Å². The average molecular weight is 175 g/mol. The predicted molar refractivity (Wildman–Crippen MR) is 58.8 cm³/mol. The lowest BCUT2D eigenvalue weighted by atomic mass is 10.3. The van der Waals surface area contributed by atoms with E-state index in [0.29, 0.717) is 0 Å². The number of aromatic amines is 1. The highest BCUT2D eigenvalue weighted by Gasteiger charge is 1.86. The highest BCUT2D eigenvalue weighted by molar-refractivity contribution is 5.78. The first-order valence-corrected chi connectivity index (χ1v) is 4.72. The van der Waals surface area contributed by atoms with Crippen molar-refractivity contribution in [3.05, 3.63) is 36.5 Å². The van der Waals surface area contributed by atoms with Crippen LogP contribution in [0.2, 0.25) is 0 Å². The van der Waals surface area contributed by atoms with E-state index >= 15 is 0 Å². The van der Waals surface area contributed by atoms with Gasteiger partial charge in [0.15, 0.2) is 0 Å². The van der Waals surface area contributed by atoms with Crippen LogP contribution in [0.4, 0.5) is 0 Å². The first-order chi connectivity index (χ1) is 6.20.